The van der Waals surface area contributed by atoms with Crippen LogP contribution in [-0.2, 0) is 10.9 Å². The van der Waals surface area contributed by atoms with Gasteiger partial charge in [0.2, 0.25) is 5.88 Å². The Kier molecular flexibility index (Phi) is 4.46. The third-order valence-corrected chi connectivity index (χ3v) is 4.83. The second-order valence-corrected chi connectivity index (χ2v) is 6.24. The van der Waals surface area contributed by atoms with Crippen molar-refractivity contribution in [2.24, 2.45) is 0 Å². The highest BCUT2D eigenvalue weighted by atomic mass is 19.4. The van der Waals surface area contributed by atoms with E-state index in [1.165, 1.54) is 0 Å². The number of hydrogen-bond acceptors (Lipinski definition) is 5. The van der Waals surface area contributed by atoms with Crippen LogP contribution < -0.4 is 4.74 Å². The van der Waals surface area contributed by atoms with E-state index in [4.69, 9.17) is 9.47 Å². The van der Waals surface area contributed by atoms with Crippen molar-refractivity contribution in [3.05, 3.63) is 17.8 Å². The van der Waals surface area contributed by atoms with Gasteiger partial charge >= 0.3 is 6.18 Å². The summed E-state index contributed by atoms with van der Waals surface area (Å²) in [6.07, 6.45) is 0.458. The maximum absolute atomic E-state index is 12.7. The summed E-state index contributed by atoms with van der Waals surface area (Å²) in [6.45, 7) is 1.99. The first-order valence-electron chi connectivity index (χ1n) is 7.73. The number of halogens is 3. The molecule has 0 amide bonds. The molecule has 0 aromatic carbocycles. The lowest BCUT2D eigenvalue weighted by molar-refractivity contribution is -0.138. The highest BCUT2D eigenvalue weighted by molar-refractivity contribution is 5.19. The molecule has 8 heteroatoms. The summed E-state index contributed by atoms with van der Waals surface area (Å²) in [5.74, 6) is -0.0803. The Bertz CT molecular complexity index is 555. The van der Waals surface area contributed by atoms with E-state index >= 15 is 0 Å². The summed E-state index contributed by atoms with van der Waals surface area (Å²) >= 11 is 0. The van der Waals surface area contributed by atoms with Crippen LogP contribution in [0, 0.1) is 0 Å². The van der Waals surface area contributed by atoms with Crippen LogP contribution in [0.4, 0.5) is 13.2 Å². The van der Waals surface area contributed by atoms with E-state index in [2.05, 4.69) is 15.1 Å². The Morgan fingerprint density at radius 3 is 2.96 bits per heavy atom. The van der Waals surface area contributed by atoms with E-state index in [9.17, 15) is 13.2 Å². The second kappa shape index (κ2) is 6.24. The van der Waals surface area contributed by atoms with Crippen LogP contribution in [0.25, 0.3) is 0 Å². The largest absolute Gasteiger partial charge is 0.475 e. The summed E-state index contributed by atoms with van der Waals surface area (Å²) in [4.78, 5) is 2.39. The molecule has 0 bridgehead atoms. The number of nitrogens with zero attached hydrogens (tertiary/aromatic N) is 3. The number of rotatable bonds is 5. The van der Waals surface area contributed by atoms with Crippen molar-refractivity contribution in [3.63, 3.8) is 0 Å². The van der Waals surface area contributed by atoms with Gasteiger partial charge in [0.1, 0.15) is 6.61 Å². The molecule has 5 nitrogen and oxygen atoms in total. The second-order valence-electron chi connectivity index (χ2n) is 6.24. The maximum atomic E-state index is 12.7. The van der Waals surface area contributed by atoms with Gasteiger partial charge in [0.15, 0.2) is 0 Å². The number of ether oxygens (including phenoxy) is 2. The SMILES string of the molecule is COC[C@@]12CCCN1[C@H](COc1cc(C(F)(F)F)cnn1)CC2. The quantitative estimate of drug-likeness (QED) is 0.830. The monoisotopic (exact) mass is 331 g/mol. The van der Waals surface area contributed by atoms with E-state index in [-0.39, 0.29) is 17.5 Å². The Morgan fingerprint density at radius 2 is 2.22 bits per heavy atom. The first-order valence-corrected chi connectivity index (χ1v) is 7.73. The predicted molar refractivity (Wildman–Crippen MR) is 76.1 cm³/mol. The number of methoxy groups -OCH3 is 1. The van der Waals surface area contributed by atoms with Gasteiger partial charge in [0, 0.05) is 24.8 Å². The molecule has 2 saturated heterocycles. The standard InChI is InChI=1S/C15H20F3N3O2/c1-22-10-14-4-2-6-21(14)12(3-5-14)9-23-13-7-11(8-19-20-13)15(16,17)18/h7-8,12H,2-6,9-10H2,1H3/t12-,14-/m0/s1. The minimum Gasteiger partial charge on any atom is -0.475 e. The zero-order valence-electron chi connectivity index (χ0n) is 13.0. The van der Waals surface area contributed by atoms with E-state index in [0.29, 0.717) is 19.4 Å². The molecular weight excluding hydrogens is 311 g/mol. The number of aromatic nitrogens is 2. The molecule has 128 valence electrons. The molecule has 1 aromatic heterocycles. The van der Waals surface area contributed by atoms with Crippen molar-refractivity contribution in [2.75, 3.05) is 26.9 Å². The zero-order valence-corrected chi connectivity index (χ0v) is 13.0. The summed E-state index contributed by atoms with van der Waals surface area (Å²) in [7, 11) is 1.70. The van der Waals surface area contributed by atoms with Crippen molar-refractivity contribution < 1.29 is 22.6 Å². The molecule has 0 spiro atoms. The predicted octanol–water partition coefficient (Wildman–Crippen LogP) is 2.52. The van der Waals surface area contributed by atoms with Crippen LogP contribution in [-0.4, -0.2) is 53.5 Å². The Balaban J connectivity index is 1.63. The van der Waals surface area contributed by atoms with E-state index in [0.717, 1.165) is 38.3 Å². The van der Waals surface area contributed by atoms with Gasteiger partial charge in [-0.1, -0.05) is 0 Å². The van der Waals surface area contributed by atoms with Crippen molar-refractivity contribution in [1.29, 1.82) is 0 Å². The highest BCUT2D eigenvalue weighted by Gasteiger charge is 2.49. The third kappa shape index (κ3) is 3.28. The molecule has 0 aliphatic carbocycles. The fraction of sp³-hybridized carbons (Fsp3) is 0.733. The maximum Gasteiger partial charge on any atom is 0.418 e. The van der Waals surface area contributed by atoms with Crippen molar-refractivity contribution in [3.8, 4) is 5.88 Å². The fourth-order valence-corrected chi connectivity index (χ4v) is 3.81. The van der Waals surface area contributed by atoms with Gasteiger partial charge in [0.05, 0.1) is 18.4 Å². The Labute approximate surface area is 132 Å². The lowest BCUT2D eigenvalue weighted by atomic mass is 9.95. The Hall–Kier alpha value is -1.41. The first-order chi connectivity index (χ1) is 10.9. The minimum absolute atomic E-state index is 0.0717. The molecule has 2 aliphatic rings. The molecule has 0 saturated carbocycles. The summed E-state index contributed by atoms with van der Waals surface area (Å²) in [5.41, 5.74) is -0.772. The molecule has 0 radical (unpaired) electrons. The van der Waals surface area contributed by atoms with Crippen LogP contribution in [0.3, 0.4) is 0 Å². The number of fused-ring (bicyclic) bond motifs is 1. The molecule has 3 rings (SSSR count). The summed E-state index contributed by atoms with van der Waals surface area (Å²) in [6, 6.07) is 1.08. The molecule has 3 heterocycles. The van der Waals surface area contributed by atoms with Crippen molar-refractivity contribution in [1.82, 2.24) is 15.1 Å². The first kappa shape index (κ1) is 16.4. The molecule has 2 fully saturated rings. The van der Waals surface area contributed by atoms with Gasteiger partial charge in [-0.2, -0.15) is 18.3 Å². The third-order valence-electron chi connectivity index (χ3n) is 4.83. The summed E-state index contributed by atoms with van der Waals surface area (Å²) in [5, 5.41) is 7.01. The Morgan fingerprint density at radius 1 is 1.39 bits per heavy atom. The van der Waals surface area contributed by atoms with Crippen LogP contribution >= 0.6 is 0 Å². The molecular formula is C15H20F3N3O2. The van der Waals surface area contributed by atoms with E-state index in [1.807, 2.05) is 0 Å². The van der Waals surface area contributed by atoms with Gasteiger partial charge in [-0.25, -0.2) is 0 Å². The van der Waals surface area contributed by atoms with Gasteiger partial charge in [0.25, 0.3) is 0 Å². The van der Waals surface area contributed by atoms with Crippen LogP contribution in [0.2, 0.25) is 0 Å². The normalized spacial score (nSPS) is 28.1. The molecule has 2 aliphatic heterocycles. The molecule has 0 N–H and O–H groups in total. The van der Waals surface area contributed by atoms with E-state index < -0.39 is 11.7 Å². The van der Waals surface area contributed by atoms with Crippen LogP contribution in [0.5, 0.6) is 5.88 Å². The van der Waals surface area contributed by atoms with Gasteiger partial charge in [-0.3, -0.25) is 4.90 Å². The fourth-order valence-electron chi connectivity index (χ4n) is 3.81. The topological polar surface area (TPSA) is 47.5 Å². The average molecular weight is 331 g/mol. The van der Waals surface area contributed by atoms with Crippen LogP contribution in [0.1, 0.15) is 31.2 Å². The molecule has 2 atom stereocenters. The minimum atomic E-state index is -4.44. The average Bonchev–Trinajstić information content (AvgIpc) is 3.04. The lowest BCUT2D eigenvalue weighted by Gasteiger charge is -2.34. The summed E-state index contributed by atoms with van der Waals surface area (Å²) < 4.78 is 48.9. The highest BCUT2D eigenvalue weighted by Crippen LogP contribution is 2.42. The molecule has 1 aromatic rings. The lowest BCUT2D eigenvalue weighted by Crippen LogP contribution is -2.47. The number of alkyl halides is 3. The number of hydrogen-bond donors (Lipinski definition) is 0. The van der Waals surface area contributed by atoms with Gasteiger partial charge in [-0.15, -0.1) is 5.10 Å². The molecule has 0 unspecified atom stereocenters. The smallest absolute Gasteiger partial charge is 0.418 e. The van der Waals surface area contributed by atoms with Crippen molar-refractivity contribution >= 4 is 0 Å². The zero-order chi connectivity index (χ0) is 16.5. The molecule has 23 heavy (non-hydrogen) atoms. The van der Waals surface area contributed by atoms with Crippen molar-refractivity contribution in [2.45, 2.75) is 43.4 Å². The van der Waals surface area contributed by atoms with Gasteiger partial charge in [-0.05, 0) is 32.2 Å². The van der Waals surface area contributed by atoms with Crippen LogP contribution in [0.15, 0.2) is 12.3 Å². The van der Waals surface area contributed by atoms with E-state index in [1.54, 1.807) is 7.11 Å². The van der Waals surface area contributed by atoms with Gasteiger partial charge < -0.3 is 9.47 Å².